The molecule has 0 spiro atoms. The van der Waals surface area contributed by atoms with E-state index in [-0.39, 0.29) is 0 Å². The monoisotopic (exact) mass is 518 g/mol. The minimum absolute atomic E-state index is 0.783. The van der Waals surface area contributed by atoms with E-state index < -0.39 is 0 Å². The van der Waals surface area contributed by atoms with Gasteiger partial charge in [0.2, 0.25) is 0 Å². The van der Waals surface area contributed by atoms with Crippen molar-refractivity contribution in [1.82, 2.24) is 0 Å². The topological polar surface area (TPSA) is 18.5 Å². The number of thiophene rings is 1. The normalized spacial score (nSPS) is 11.5. The molecule has 176 valence electrons. The van der Waals surface area contributed by atoms with Crippen molar-refractivity contribution in [3.05, 3.63) is 34.8 Å². The molecule has 0 saturated carbocycles. The number of benzene rings is 2. The molecule has 0 aliphatic carbocycles. The molecule has 0 bridgehead atoms. The van der Waals surface area contributed by atoms with Gasteiger partial charge >= 0.3 is 0 Å². The van der Waals surface area contributed by atoms with Crippen molar-refractivity contribution < 1.29 is 9.47 Å². The maximum Gasteiger partial charge on any atom is 0.134 e. The van der Waals surface area contributed by atoms with Gasteiger partial charge in [0.05, 0.1) is 17.7 Å². The first-order valence-electron chi connectivity index (χ1n) is 12.6. The Labute approximate surface area is 206 Å². The summed E-state index contributed by atoms with van der Waals surface area (Å²) in [5.74, 6) is 1.92. The summed E-state index contributed by atoms with van der Waals surface area (Å²) in [6.07, 6.45) is 15.4. The molecule has 0 amide bonds. The first-order valence-corrected chi connectivity index (χ1v) is 14.2. The van der Waals surface area contributed by atoms with Crippen molar-refractivity contribution >= 4 is 47.4 Å². The lowest BCUT2D eigenvalue weighted by molar-refractivity contribution is 0.303. The molecule has 0 atom stereocenters. The summed E-state index contributed by atoms with van der Waals surface area (Å²) in [5, 5.41) is 2.53. The lowest BCUT2D eigenvalue weighted by Crippen LogP contribution is -1.98. The Morgan fingerprint density at radius 1 is 0.656 bits per heavy atom. The molecular formula is C28H39BrO2S. The van der Waals surface area contributed by atoms with Crippen LogP contribution in [-0.2, 0) is 0 Å². The fourth-order valence-electron chi connectivity index (χ4n) is 4.09. The molecule has 32 heavy (non-hydrogen) atoms. The van der Waals surface area contributed by atoms with Crippen LogP contribution in [0, 0.1) is 0 Å². The largest absolute Gasteiger partial charge is 0.494 e. The van der Waals surface area contributed by atoms with Gasteiger partial charge in [-0.1, -0.05) is 78.1 Å². The second-order valence-corrected chi connectivity index (χ2v) is 10.7. The number of unbranched alkanes of at least 4 members (excludes halogenated alkanes) is 10. The highest BCUT2D eigenvalue weighted by molar-refractivity contribution is 9.10. The van der Waals surface area contributed by atoms with Gasteiger partial charge in [0.15, 0.2) is 0 Å². The average molecular weight is 520 g/mol. The van der Waals surface area contributed by atoms with Crippen molar-refractivity contribution in [1.29, 1.82) is 0 Å². The van der Waals surface area contributed by atoms with Crippen molar-refractivity contribution in [2.24, 2.45) is 0 Å². The quantitative estimate of drug-likeness (QED) is 0.175. The second-order valence-electron chi connectivity index (χ2n) is 8.77. The van der Waals surface area contributed by atoms with E-state index in [1.165, 1.54) is 84.4 Å². The first kappa shape index (κ1) is 25.4. The maximum atomic E-state index is 6.15. The summed E-state index contributed by atoms with van der Waals surface area (Å²) in [6, 6.07) is 10.9. The first-order chi connectivity index (χ1) is 15.7. The van der Waals surface area contributed by atoms with E-state index in [2.05, 4.69) is 60.1 Å². The van der Waals surface area contributed by atoms with E-state index in [4.69, 9.17) is 9.47 Å². The van der Waals surface area contributed by atoms with Gasteiger partial charge in [0, 0.05) is 20.2 Å². The molecule has 0 aliphatic heterocycles. The van der Waals surface area contributed by atoms with E-state index in [1.54, 1.807) is 0 Å². The summed E-state index contributed by atoms with van der Waals surface area (Å²) >= 11 is 5.55. The van der Waals surface area contributed by atoms with Gasteiger partial charge in [-0.05, 0) is 59.1 Å². The van der Waals surface area contributed by atoms with Crippen molar-refractivity contribution in [2.45, 2.75) is 90.9 Å². The van der Waals surface area contributed by atoms with Crippen LogP contribution in [0.5, 0.6) is 11.5 Å². The lowest BCUT2D eigenvalue weighted by atomic mass is 10.1. The zero-order chi connectivity index (χ0) is 22.6. The number of hydrogen-bond acceptors (Lipinski definition) is 3. The lowest BCUT2D eigenvalue weighted by Gasteiger charge is -2.09. The van der Waals surface area contributed by atoms with Crippen LogP contribution in [0.1, 0.15) is 90.9 Å². The molecule has 0 N–H and O–H groups in total. The van der Waals surface area contributed by atoms with Crippen LogP contribution < -0.4 is 9.47 Å². The fourth-order valence-corrected chi connectivity index (χ4v) is 5.81. The predicted molar refractivity (Wildman–Crippen MR) is 145 cm³/mol. The van der Waals surface area contributed by atoms with Gasteiger partial charge < -0.3 is 9.47 Å². The Kier molecular flexibility index (Phi) is 11.2. The molecule has 2 aromatic carbocycles. The highest BCUT2D eigenvalue weighted by Crippen LogP contribution is 2.40. The average Bonchev–Trinajstić information content (AvgIpc) is 3.14. The molecule has 0 radical (unpaired) electrons. The van der Waals surface area contributed by atoms with Gasteiger partial charge in [0.25, 0.3) is 0 Å². The van der Waals surface area contributed by atoms with E-state index in [9.17, 15) is 0 Å². The zero-order valence-corrected chi connectivity index (χ0v) is 22.3. The minimum Gasteiger partial charge on any atom is -0.494 e. The zero-order valence-electron chi connectivity index (χ0n) is 19.9. The highest BCUT2D eigenvalue weighted by atomic mass is 79.9. The van der Waals surface area contributed by atoms with E-state index >= 15 is 0 Å². The Bertz CT molecular complexity index is 949. The highest BCUT2D eigenvalue weighted by Gasteiger charge is 2.11. The molecule has 1 aromatic heterocycles. The van der Waals surface area contributed by atoms with Crippen LogP contribution in [0.3, 0.4) is 0 Å². The van der Waals surface area contributed by atoms with E-state index in [0.717, 1.165) is 42.0 Å². The van der Waals surface area contributed by atoms with Gasteiger partial charge in [-0.2, -0.15) is 0 Å². The van der Waals surface area contributed by atoms with Crippen LogP contribution >= 0.6 is 27.3 Å². The summed E-state index contributed by atoms with van der Waals surface area (Å²) in [5.41, 5.74) is 0. The van der Waals surface area contributed by atoms with Gasteiger partial charge in [-0.3, -0.25) is 0 Å². The molecule has 0 unspecified atom stereocenters. The van der Waals surface area contributed by atoms with Crippen LogP contribution in [0.25, 0.3) is 20.2 Å². The second kappa shape index (κ2) is 14.1. The minimum atomic E-state index is 0.783. The molecule has 3 rings (SSSR count). The molecule has 0 fully saturated rings. The van der Waals surface area contributed by atoms with E-state index in [0.29, 0.717) is 0 Å². The number of halogens is 1. The third kappa shape index (κ3) is 7.66. The third-order valence-corrected chi connectivity index (χ3v) is 7.77. The molecule has 0 aliphatic rings. The van der Waals surface area contributed by atoms with Crippen LogP contribution in [0.4, 0.5) is 0 Å². The summed E-state index contributed by atoms with van der Waals surface area (Å²) in [6.45, 7) is 6.11. The van der Waals surface area contributed by atoms with Gasteiger partial charge in [0.1, 0.15) is 11.5 Å². The Hall–Kier alpha value is -1.26. The Morgan fingerprint density at radius 3 is 1.94 bits per heavy atom. The number of fused-ring (bicyclic) bond motifs is 3. The number of ether oxygens (including phenoxy) is 2. The van der Waals surface area contributed by atoms with Crippen LogP contribution in [-0.4, -0.2) is 13.2 Å². The molecule has 1 heterocycles. The smallest absolute Gasteiger partial charge is 0.134 e. The molecule has 2 nitrogen and oxygen atoms in total. The molecule has 3 aromatic rings. The van der Waals surface area contributed by atoms with Crippen molar-refractivity contribution in [3.8, 4) is 11.5 Å². The third-order valence-electron chi connectivity index (χ3n) is 6.02. The van der Waals surface area contributed by atoms with E-state index in [1.807, 2.05) is 11.3 Å². The Morgan fingerprint density at radius 2 is 1.25 bits per heavy atom. The number of rotatable bonds is 16. The van der Waals surface area contributed by atoms with Crippen LogP contribution in [0.2, 0.25) is 0 Å². The number of hydrogen-bond donors (Lipinski definition) is 0. The fraction of sp³-hybridized carbons (Fsp3) is 0.571. The predicted octanol–water partition coefficient (Wildman–Crippen LogP) is 10.3. The molecular weight excluding hydrogens is 480 g/mol. The van der Waals surface area contributed by atoms with Crippen molar-refractivity contribution in [3.63, 3.8) is 0 Å². The SMILES string of the molecule is CCCCCCCCOc1ccc2sc3cc(Br)c(OCCCCCCCC)cc3c2c1. The summed E-state index contributed by atoms with van der Waals surface area (Å²) in [4.78, 5) is 0. The van der Waals surface area contributed by atoms with Gasteiger partial charge in [-0.15, -0.1) is 11.3 Å². The summed E-state index contributed by atoms with van der Waals surface area (Å²) in [7, 11) is 0. The molecule has 0 saturated heterocycles. The molecule has 4 heteroatoms. The van der Waals surface area contributed by atoms with Crippen LogP contribution in [0.15, 0.2) is 34.8 Å². The van der Waals surface area contributed by atoms with Crippen molar-refractivity contribution in [2.75, 3.05) is 13.2 Å². The maximum absolute atomic E-state index is 6.15. The van der Waals surface area contributed by atoms with Gasteiger partial charge in [-0.25, -0.2) is 0 Å². The summed E-state index contributed by atoms with van der Waals surface area (Å²) < 4.78 is 15.8. The Balaban J connectivity index is 1.58. The standard InChI is InChI=1S/C28H39BrO2S/c1-3-5-7-9-11-13-17-30-22-15-16-27-23(19-22)24-20-26(25(29)21-28(24)32-27)31-18-14-12-10-8-6-4-2/h15-16,19-21H,3-14,17-18H2,1-2H3.